The monoisotopic (exact) mass is 268 g/mol. The molecular formula is C14H24N2OS. The Morgan fingerprint density at radius 3 is 2.33 bits per heavy atom. The lowest BCUT2D eigenvalue weighted by Crippen LogP contribution is -2.57. The number of amides is 1. The first-order chi connectivity index (χ1) is 8.25. The molecule has 1 amide bonds. The first-order valence-electron chi connectivity index (χ1n) is 6.86. The van der Waals surface area contributed by atoms with E-state index < -0.39 is 5.41 Å². The van der Waals surface area contributed by atoms with Gasteiger partial charge in [-0.3, -0.25) is 4.79 Å². The van der Waals surface area contributed by atoms with Gasteiger partial charge in [0.2, 0.25) is 5.91 Å². The molecule has 0 aromatic carbocycles. The van der Waals surface area contributed by atoms with Crippen LogP contribution in [0.15, 0.2) is 0 Å². The zero-order valence-electron chi connectivity index (χ0n) is 11.6. The maximum Gasteiger partial charge on any atom is 0.233 e. The molecule has 0 spiro atoms. The van der Waals surface area contributed by atoms with E-state index in [1.165, 1.54) is 6.42 Å². The van der Waals surface area contributed by atoms with Gasteiger partial charge in [0.1, 0.15) is 0 Å². The highest BCUT2D eigenvalue weighted by molar-refractivity contribution is 7.80. The van der Waals surface area contributed by atoms with Crippen LogP contribution in [0.5, 0.6) is 0 Å². The molecule has 4 heteroatoms. The zero-order chi connectivity index (χ0) is 13.6. The molecule has 1 atom stereocenters. The average molecular weight is 268 g/mol. The Kier molecular flexibility index (Phi) is 3.43. The van der Waals surface area contributed by atoms with E-state index in [4.69, 9.17) is 18.0 Å². The molecule has 18 heavy (non-hydrogen) atoms. The predicted molar refractivity (Wildman–Crippen MR) is 77.2 cm³/mol. The lowest BCUT2D eigenvalue weighted by molar-refractivity contribution is -0.133. The second-order valence-corrected chi connectivity index (χ2v) is 7.48. The van der Waals surface area contributed by atoms with E-state index in [0.717, 1.165) is 25.7 Å². The van der Waals surface area contributed by atoms with Gasteiger partial charge in [-0.25, -0.2) is 0 Å². The third-order valence-electron chi connectivity index (χ3n) is 4.60. The number of hydrogen-bond acceptors (Lipinski definition) is 2. The van der Waals surface area contributed by atoms with Crippen molar-refractivity contribution in [1.29, 1.82) is 0 Å². The maximum atomic E-state index is 12.4. The smallest absolute Gasteiger partial charge is 0.233 e. The SMILES string of the molecule is CC1CC(C(=O)NC2CCC(C)(C)C2)(C(N)=S)C1. The summed E-state index contributed by atoms with van der Waals surface area (Å²) < 4.78 is 0. The Hall–Kier alpha value is -0.640. The van der Waals surface area contributed by atoms with Crippen LogP contribution in [0, 0.1) is 16.7 Å². The molecule has 2 aliphatic rings. The second-order valence-electron chi connectivity index (χ2n) is 7.04. The molecule has 0 aliphatic heterocycles. The van der Waals surface area contributed by atoms with E-state index in [1.807, 2.05) is 0 Å². The van der Waals surface area contributed by atoms with Crippen molar-refractivity contribution in [2.45, 2.75) is 58.9 Å². The molecule has 102 valence electrons. The quantitative estimate of drug-likeness (QED) is 0.773. The molecule has 3 nitrogen and oxygen atoms in total. The summed E-state index contributed by atoms with van der Waals surface area (Å²) in [6.45, 7) is 6.66. The number of thiocarbonyl (C=S) groups is 1. The molecule has 2 saturated carbocycles. The van der Waals surface area contributed by atoms with Crippen molar-refractivity contribution in [2.24, 2.45) is 22.5 Å². The Labute approximate surface area is 115 Å². The molecule has 0 radical (unpaired) electrons. The summed E-state index contributed by atoms with van der Waals surface area (Å²) in [6.07, 6.45) is 4.92. The van der Waals surface area contributed by atoms with Gasteiger partial charge in [-0.15, -0.1) is 0 Å². The zero-order valence-corrected chi connectivity index (χ0v) is 12.4. The van der Waals surface area contributed by atoms with Crippen LogP contribution in [0.4, 0.5) is 0 Å². The minimum absolute atomic E-state index is 0.0656. The maximum absolute atomic E-state index is 12.4. The average Bonchev–Trinajstić information content (AvgIpc) is 2.52. The number of carbonyl (C=O) groups excluding carboxylic acids is 1. The molecule has 3 N–H and O–H groups in total. The van der Waals surface area contributed by atoms with Crippen LogP contribution in [0.2, 0.25) is 0 Å². The lowest BCUT2D eigenvalue weighted by atomic mass is 9.62. The Bertz CT molecular complexity index is 372. The fourth-order valence-corrected chi connectivity index (χ4v) is 3.77. The molecule has 0 saturated heterocycles. The van der Waals surface area contributed by atoms with E-state index in [1.54, 1.807) is 0 Å². The van der Waals surface area contributed by atoms with E-state index in [0.29, 0.717) is 22.4 Å². The molecule has 2 rings (SSSR count). The van der Waals surface area contributed by atoms with Gasteiger partial charge in [0, 0.05) is 6.04 Å². The highest BCUT2D eigenvalue weighted by Crippen LogP contribution is 2.46. The van der Waals surface area contributed by atoms with Gasteiger partial charge in [-0.05, 0) is 43.4 Å². The largest absolute Gasteiger partial charge is 0.392 e. The van der Waals surface area contributed by atoms with E-state index in [9.17, 15) is 4.79 Å². The predicted octanol–water partition coefficient (Wildman–Crippen LogP) is 2.38. The third kappa shape index (κ3) is 2.40. The highest BCUT2D eigenvalue weighted by atomic mass is 32.1. The first kappa shape index (κ1) is 13.8. The highest BCUT2D eigenvalue weighted by Gasteiger charge is 2.51. The summed E-state index contributed by atoms with van der Waals surface area (Å²) in [5.74, 6) is 0.619. The van der Waals surface area contributed by atoms with Crippen molar-refractivity contribution in [3.8, 4) is 0 Å². The van der Waals surface area contributed by atoms with Crippen molar-refractivity contribution in [2.75, 3.05) is 0 Å². The molecule has 2 fully saturated rings. The number of hydrogen-bond donors (Lipinski definition) is 2. The van der Waals surface area contributed by atoms with Crippen LogP contribution < -0.4 is 11.1 Å². The Balaban J connectivity index is 1.98. The molecule has 1 unspecified atom stereocenters. The summed E-state index contributed by atoms with van der Waals surface area (Å²) in [4.78, 5) is 12.8. The molecule has 0 bridgehead atoms. The van der Waals surface area contributed by atoms with Gasteiger partial charge in [0.05, 0.1) is 10.4 Å². The minimum Gasteiger partial charge on any atom is -0.392 e. The molecule has 0 heterocycles. The fourth-order valence-electron chi connectivity index (χ4n) is 3.51. The fraction of sp³-hybridized carbons (Fsp3) is 0.857. The summed E-state index contributed by atoms with van der Waals surface area (Å²) in [7, 11) is 0. The number of rotatable bonds is 3. The van der Waals surface area contributed by atoms with Crippen LogP contribution >= 0.6 is 12.2 Å². The van der Waals surface area contributed by atoms with Crippen LogP contribution in [-0.2, 0) is 4.79 Å². The summed E-state index contributed by atoms with van der Waals surface area (Å²) >= 11 is 5.11. The van der Waals surface area contributed by atoms with Crippen molar-refractivity contribution >= 4 is 23.1 Å². The number of nitrogens with one attached hydrogen (secondary N) is 1. The van der Waals surface area contributed by atoms with E-state index in [-0.39, 0.29) is 5.91 Å². The molecule has 2 aliphatic carbocycles. The normalized spacial score (nSPS) is 37.9. The number of nitrogens with two attached hydrogens (primary N) is 1. The Morgan fingerprint density at radius 1 is 1.33 bits per heavy atom. The van der Waals surface area contributed by atoms with Gasteiger partial charge in [-0.1, -0.05) is 33.0 Å². The van der Waals surface area contributed by atoms with Crippen LogP contribution in [-0.4, -0.2) is 16.9 Å². The van der Waals surface area contributed by atoms with Gasteiger partial charge >= 0.3 is 0 Å². The molecule has 0 aromatic heterocycles. The van der Waals surface area contributed by atoms with Crippen molar-refractivity contribution in [3.05, 3.63) is 0 Å². The van der Waals surface area contributed by atoms with Crippen LogP contribution in [0.3, 0.4) is 0 Å². The van der Waals surface area contributed by atoms with Crippen LogP contribution in [0.25, 0.3) is 0 Å². The third-order valence-corrected chi connectivity index (χ3v) is 4.99. The molecule has 0 aromatic rings. The van der Waals surface area contributed by atoms with Gasteiger partial charge in [0.15, 0.2) is 0 Å². The van der Waals surface area contributed by atoms with Crippen LogP contribution in [0.1, 0.15) is 52.9 Å². The minimum atomic E-state index is -0.554. The summed E-state index contributed by atoms with van der Waals surface area (Å²) in [5.41, 5.74) is 5.59. The summed E-state index contributed by atoms with van der Waals surface area (Å²) in [5, 5.41) is 3.17. The van der Waals surface area contributed by atoms with E-state index >= 15 is 0 Å². The van der Waals surface area contributed by atoms with Crippen molar-refractivity contribution in [3.63, 3.8) is 0 Å². The molecular weight excluding hydrogens is 244 g/mol. The topological polar surface area (TPSA) is 55.1 Å². The van der Waals surface area contributed by atoms with Gasteiger partial charge < -0.3 is 11.1 Å². The van der Waals surface area contributed by atoms with E-state index in [2.05, 4.69) is 26.1 Å². The second kappa shape index (κ2) is 4.48. The Morgan fingerprint density at radius 2 is 1.94 bits per heavy atom. The van der Waals surface area contributed by atoms with Crippen molar-refractivity contribution < 1.29 is 4.79 Å². The van der Waals surface area contributed by atoms with Gasteiger partial charge in [0.25, 0.3) is 0 Å². The van der Waals surface area contributed by atoms with Crippen molar-refractivity contribution in [1.82, 2.24) is 5.32 Å². The number of carbonyl (C=O) groups is 1. The summed E-state index contributed by atoms with van der Waals surface area (Å²) in [6, 6.07) is 0.301. The standard InChI is InChI=1S/C14H24N2OS/c1-9-6-14(7-9,11(15)18)12(17)16-10-4-5-13(2,3)8-10/h9-10H,4-8H2,1-3H3,(H2,15,18)(H,16,17). The van der Waals surface area contributed by atoms with Gasteiger partial charge in [-0.2, -0.15) is 0 Å². The lowest BCUT2D eigenvalue weighted by Gasteiger charge is -2.44. The first-order valence-corrected chi connectivity index (χ1v) is 7.27.